The molecular weight excluding hydrogens is 588 g/mol. The van der Waals surface area contributed by atoms with Crippen LogP contribution in [0.2, 0.25) is 0 Å². The first-order chi connectivity index (χ1) is 21.1. The number of fused-ring (bicyclic) bond motifs is 1. The number of carbonyl (C=O) groups is 1. The van der Waals surface area contributed by atoms with Crippen molar-refractivity contribution in [3.05, 3.63) is 73.1 Å². The molecule has 0 radical (unpaired) electrons. The molecular formula is C31H37FN5O6P. The molecule has 0 saturated carbocycles. The molecule has 44 heavy (non-hydrogen) atoms. The monoisotopic (exact) mass is 625 g/mol. The van der Waals surface area contributed by atoms with Crippen LogP contribution < -0.4 is 10.1 Å². The van der Waals surface area contributed by atoms with Crippen LogP contribution in [0.15, 0.2) is 67.1 Å². The molecule has 11 nitrogen and oxygen atoms in total. The maximum absolute atomic E-state index is 14.2. The SMILES string of the molecule is CCOP(=O)(OCC)OC(C)n1cc(-c2ccnc(F)c2)c2cc(-c3cc(NC(=O)C=CCN(C)C)cc(OC)c3)cnc21. The van der Waals surface area contributed by atoms with Crippen LogP contribution >= 0.6 is 7.82 Å². The number of nitrogens with one attached hydrogen (secondary N) is 1. The minimum atomic E-state index is -3.86. The number of anilines is 1. The first-order valence-corrected chi connectivity index (χ1v) is 15.5. The Hall–Kier alpha value is -3.93. The minimum Gasteiger partial charge on any atom is -0.497 e. The Bertz CT molecular complexity index is 1680. The van der Waals surface area contributed by atoms with E-state index in [1.807, 2.05) is 37.2 Å². The lowest BCUT2D eigenvalue weighted by atomic mass is 10.0. The van der Waals surface area contributed by atoms with Gasteiger partial charge in [-0.25, -0.2) is 14.5 Å². The third kappa shape index (κ3) is 8.16. The highest BCUT2D eigenvalue weighted by atomic mass is 31.2. The van der Waals surface area contributed by atoms with Crippen molar-refractivity contribution in [2.75, 3.05) is 46.3 Å². The van der Waals surface area contributed by atoms with Crippen molar-refractivity contribution in [2.45, 2.75) is 27.0 Å². The van der Waals surface area contributed by atoms with Crippen LogP contribution in [0.25, 0.3) is 33.3 Å². The van der Waals surface area contributed by atoms with E-state index >= 15 is 0 Å². The second kappa shape index (κ2) is 14.7. The molecule has 4 aromatic rings. The molecule has 1 amide bonds. The number of phosphoric acid groups is 1. The van der Waals surface area contributed by atoms with Crippen molar-refractivity contribution < 1.29 is 32.1 Å². The van der Waals surface area contributed by atoms with Crippen molar-refractivity contribution in [3.63, 3.8) is 0 Å². The van der Waals surface area contributed by atoms with Gasteiger partial charge in [-0.05, 0) is 70.3 Å². The highest BCUT2D eigenvalue weighted by Crippen LogP contribution is 2.52. The lowest BCUT2D eigenvalue weighted by Gasteiger charge is -2.22. The number of aromatic nitrogens is 3. The summed E-state index contributed by atoms with van der Waals surface area (Å²) in [6.45, 7) is 5.98. The van der Waals surface area contributed by atoms with Crippen molar-refractivity contribution in [3.8, 4) is 28.0 Å². The molecule has 1 atom stereocenters. The molecule has 0 fully saturated rings. The minimum absolute atomic E-state index is 0.134. The summed E-state index contributed by atoms with van der Waals surface area (Å²) in [5.41, 5.74) is 3.69. The van der Waals surface area contributed by atoms with Gasteiger partial charge in [0.15, 0.2) is 0 Å². The zero-order valence-electron chi connectivity index (χ0n) is 25.6. The number of methoxy groups -OCH3 is 1. The number of nitrogens with zero attached hydrogens (tertiary/aromatic N) is 4. The van der Waals surface area contributed by atoms with Crippen LogP contribution in [0.1, 0.15) is 27.0 Å². The predicted octanol–water partition coefficient (Wildman–Crippen LogP) is 6.69. The number of amides is 1. The van der Waals surface area contributed by atoms with Gasteiger partial charge in [-0.3, -0.25) is 18.4 Å². The van der Waals surface area contributed by atoms with E-state index in [-0.39, 0.29) is 19.1 Å². The molecule has 234 valence electrons. The van der Waals surface area contributed by atoms with Crippen LogP contribution in [0.3, 0.4) is 0 Å². The zero-order valence-corrected chi connectivity index (χ0v) is 26.5. The lowest BCUT2D eigenvalue weighted by Crippen LogP contribution is -2.13. The summed E-state index contributed by atoms with van der Waals surface area (Å²) in [6.07, 6.45) is 7.24. The summed E-state index contributed by atoms with van der Waals surface area (Å²) in [4.78, 5) is 22.9. The Morgan fingerprint density at radius 3 is 2.50 bits per heavy atom. The topological polar surface area (TPSA) is 117 Å². The highest BCUT2D eigenvalue weighted by molar-refractivity contribution is 7.48. The summed E-state index contributed by atoms with van der Waals surface area (Å²) in [5.74, 6) is -0.375. The van der Waals surface area contributed by atoms with Gasteiger partial charge in [0.2, 0.25) is 11.9 Å². The van der Waals surface area contributed by atoms with E-state index < -0.39 is 20.0 Å². The molecule has 1 N–H and O–H groups in total. The van der Waals surface area contributed by atoms with Crippen molar-refractivity contribution in [2.24, 2.45) is 0 Å². The summed E-state index contributed by atoms with van der Waals surface area (Å²) in [5, 5.41) is 3.55. The van der Waals surface area contributed by atoms with Gasteiger partial charge in [0.25, 0.3) is 0 Å². The van der Waals surface area contributed by atoms with Gasteiger partial charge >= 0.3 is 7.82 Å². The summed E-state index contributed by atoms with van der Waals surface area (Å²) in [6, 6.07) is 10.3. The van der Waals surface area contributed by atoms with Crippen LogP contribution in [-0.2, 0) is 22.9 Å². The number of hydrogen-bond acceptors (Lipinski definition) is 9. The summed E-state index contributed by atoms with van der Waals surface area (Å²) < 4.78 is 51.0. The van der Waals surface area contributed by atoms with E-state index in [9.17, 15) is 13.8 Å². The molecule has 3 heterocycles. The molecule has 4 rings (SSSR count). The van der Waals surface area contributed by atoms with E-state index in [0.29, 0.717) is 45.7 Å². The lowest BCUT2D eigenvalue weighted by molar-refractivity contribution is -0.111. The largest absolute Gasteiger partial charge is 0.497 e. The van der Waals surface area contributed by atoms with Crippen LogP contribution in [0.5, 0.6) is 5.75 Å². The standard InChI is InChI=1S/C31H37FN5O6P/c1-7-41-44(39,42-8-2)43-21(3)37-20-28(22-11-12-33-29(32)17-22)27-16-24(19-34-31(27)37)23-14-25(18-26(15-23)40-6)35-30(38)10-9-13-36(4)5/h9-12,14-21H,7-8,13H2,1-6H3,(H,35,38). The predicted molar refractivity (Wildman–Crippen MR) is 168 cm³/mol. The Morgan fingerprint density at radius 1 is 1.09 bits per heavy atom. The van der Waals surface area contributed by atoms with E-state index in [1.165, 1.54) is 18.3 Å². The number of halogens is 1. The van der Waals surface area contributed by atoms with Gasteiger partial charge in [-0.2, -0.15) is 4.39 Å². The molecule has 0 saturated heterocycles. The van der Waals surface area contributed by atoms with Crippen molar-refractivity contribution in [1.29, 1.82) is 0 Å². The van der Waals surface area contributed by atoms with E-state index in [2.05, 4.69) is 10.3 Å². The van der Waals surface area contributed by atoms with Gasteiger partial charge < -0.3 is 19.5 Å². The number of benzene rings is 1. The first-order valence-electron chi connectivity index (χ1n) is 14.1. The van der Waals surface area contributed by atoms with Gasteiger partial charge in [-0.15, -0.1) is 0 Å². The van der Waals surface area contributed by atoms with Gasteiger partial charge in [0, 0.05) is 65.5 Å². The van der Waals surface area contributed by atoms with Crippen molar-refractivity contribution >= 4 is 30.5 Å². The number of pyridine rings is 2. The smallest absolute Gasteiger partial charge is 0.476 e. The fraction of sp³-hybridized carbons (Fsp3) is 0.323. The number of hydrogen-bond donors (Lipinski definition) is 1. The Balaban J connectivity index is 1.79. The molecule has 0 spiro atoms. The second-order valence-electron chi connectivity index (χ2n) is 10.0. The Labute approximate surface area is 256 Å². The maximum atomic E-state index is 14.2. The number of likely N-dealkylation sites (N-methyl/N-ethyl adjacent to an activating group) is 1. The van der Waals surface area contributed by atoms with E-state index in [1.54, 1.807) is 63.1 Å². The van der Waals surface area contributed by atoms with Gasteiger partial charge in [0.05, 0.1) is 20.3 Å². The Kier molecular flexibility index (Phi) is 11.0. The average Bonchev–Trinajstić information content (AvgIpc) is 3.36. The molecule has 0 aliphatic heterocycles. The third-order valence-electron chi connectivity index (χ3n) is 6.44. The normalized spacial score (nSPS) is 12.7. The molecule has 13 heteroatoms. The molecule has 1 unspecified atom stereocenters. The summed E-state index contributed by atoms with van der Waals surface area (Å²) in [7, 11) is 1.52. The van der Waals surface area contributed by atoms with Crippen LogP contribution in [0.4, 0.5) is 10.1 Å². The van der Waals surface area contributed by atoms with E-state index in [0.717, 1.165) is 5.56 Å². The fourth-order valence-corrected chi connectivity index (χ4v) is 5.83. The molecule has 3 aromatic heterocycles. The maximum Gasteiger partial charge on any atom is 0.476 e. The molecule has 0 aliphatic rings. The molecule has 0 aliphatic carbocycles. The number of rotatable bonds is 14. The number of ether oxygens (including phenoxy) is 1. The van der Waals surface area contributed by atoms with Crippen LogP contribution in [0, 0.1) is 5.95 Å². The first kappa shape index (κ1) is 33.0. The Morgan fingerprint density at radius 2 is 1.84 bits per heavy atom. The van der Waals surface area contributed by atoms with E-state index in [4.69, 9.17) is 23.3 Å². The van der Waals surface area contributed by atoms with Crippen molar-refractivity contribution in [1.82, 2.24) is 19.4 Å². The number of phosphoric ester groups is 1. The quantitative estimate of drug-likeness (QED) is 0.0930. The summed E-state index contributed by atoms with van der Waals surface area (Å²) >= 11 is 0. The highest BCUT2D eigenvalue weighted by Gasteiger charge is 2.30. The third-order valence-corrected chi connectivity index (χ3v) is 8.15. The average molecular weight is 626 g/mol. The second-order valence-corrected chi connectivity index (χ2v) is 11.6. The fourth-order valence-electron chi connectivity index (χ4n) is 4.53. The molecule has 1 aromatic carbocycles. The molecule has 0 bridgehead atoms. The zero-order chi connectivity index (χ0) is 31.9. The van der Waals surface area contributed by atoms with Gasteiger partial charge in [0.1, 0.15) is 17.6 Å². The van der Waals surface area contributed by atoms with Crippen LogP contribution in [-0.4, -0.2) is 66.3 Å². The van der Waals surface area contributed by atoms with Gasteiger partial charge in [-0.1, -0.05) is 6.08 Å². The number of carbonyl (C=O) groups excluding carboxylic acids is 1.